The number of piperidine rings is 2. The van der Waals surface area contributed by atoms with Gasteiger partial charge in [0.25, 0.3) is 0 Å². The summed E-state index contributed by atoms with van der Waals surface area (Å²) in [5, 5.41) is 2.42. The fourth-order valence-corrected chi connectivity index (χ4v) is 9.79. The second-order valence-electron chi connectivity index (χ2n) is 14.0. The van der Waals surface area contributed by atoms with Gasteiger partial charge in [-0.15, -0.1) is 22.7 Å². The van der Waals surface area contributed by atoms with Crippen LogP contribution in [0.25, 0.3) is 31.3 Å². The van der Waals surface area contributed by atoms with E-state index in [2.05, 4.69) is 143 Å². The molecular weight excluding hydrogens is 649 g/mol. The molecule has 0 atom stereocenters. The summed E-state index contributed by atoms with van der Waals surface area (Å²) in [5.74, 6) is 0.925. The number of hydrogen-bond donors (Lipinski definition) is 0. The van der Waals surface area contributed by atoms with Crippen LogP contribution in [0.4, 0.5) is 0 Å². The second-order valence-corrected chi connectivity index (χ2v) is 16.2. The molecule has 2 aliphatic rings. The highest BCUT2D eigenvalue weighted by molar-refractivity contribution is 7.21. The van der Waals surface area contributed by atoms with Gasteiger partial charge in [0.15, 0.2) is 5.78 Å². The van der Waals surface area contributed by atoms with Crippen molar-refractivity contribution in [3.05, 3.63) is 154 Å². The molecule has 6 aromatic rings. The number of thiophene rings is 2. The number of carbonyl (C=O) groups is 1. The standard InChI is InChI=1S/C45H44N2OS2/c48-45(39(43-29-37-15-7-9-17-41(37)49-43)27-33-19-23-46(24-20-33)31-35-11-3-1-4-12-35)40(44-30-38-16-8-10-18-42(38)50-44)28-34-21-25-47(26-22-34)32-36-13-5-2-6-14-36/h1-18,27-30,33-34H,19-26,31-32H2. The lowest BCUT2D eigenvalue weighted by Gasteiger charge is -2.31. The van der Waals surface area contributed by atoms with Gasteiger partial charge < -0.3 is 0 Å². The average Bonchev–Trinajstić information content (AvgIpc) is 3.79. The largest absolute Gasteiger partial charge is 0.299 e. The zero-order chi connectivity index (χ0) is 33.7. The first-order valence-corrected chi connectivity index (χ1v) is 19.8. The van der Waals surface area contributed by atoms with Crippen molar-refractivity contribution in [1.29, 1.82) is 0 Å². The Bertz CT molecular complexity index is 1890. The van der Waals surface area contributed by atoms with E-state index < -0.39 is 0 Å². The number of ketones is 1. The lowest BCUT2D eigenvalue weighted by molar-refractivity contribution is -0.108. The van der Waals surface area contributed by atoms with Crippen molar-refractivity contribution in [2.24, 2.45) is 11.8 Å². The molecule has 0 amide bonds. The van der Waals surface area contributed by atoms with E-state index in [4.69, 9.17) is 0 Å². The van der Waals surface area contributed by atoms with Gasteiger partial charge in [-0.25, -0.2) is 0 Å². The molecule has 0 N–H and O–H groups in total. The highest BCUT2D eigenvalue weighted by Crippen LogP contribution is 2.39. The number of allylic oxidation sites excluding steroid dienone is 4. The van der Waals surface area contributed by atoms with Gasteiger partial charge >= 0.3 is 0 Å². The monoisotopic (exact) mass is 692 g/mol. The number of carbonyl (C=O) groups excluding carboxylic acids is 1. The molecule has 0 bridgehead atoms. The van der Waals surface area contributed by atoms with E-state index in [1.807, 2.05) is 0 Å². The van der Waals surface area contributed by atoms with Crippen molar-refractivity contribution in [2.75, 3.05) is 26.2 Å². The zero-order valence-corrected chi connectivity index (χ0v) is 30.2. The maximum absolute atomic E-state index is 15.2. The SMILES string of the molecule is O=C(C(=CC1CCN(Cc2ccccc2)CC1)c1cc2ccccc2s1)C(=CC1CCN(Cc2ccccc2)CC1)c1cc2ccccc2s1. The summed E-state index contributed by atoms with van der Waals surface area (Å²) < 4.78 is 2.47. The minimum absolute atomic E-state index is 0.182. The van der Waals surface area contributed by atoms with Crippen LogP contribution < -0.4 is 0 Å². The first-order chi connectivity index (χ1) is 24.6. The van der Waals surface area contributed by atoms with Crippen LogP contribution in [0.3, 0.4) is 0 Å². The van der Waals surface area contributed by atoms with E-state index in [1.54, 1.807) is 22.7 Å². The molecule has 0 unspecified atom stereocenters. The van der Waals surface area contributed by atoms with Crippen molar-refractivity contribution < 1.29 is 4.79 Å². The van der Waals surface area contributed by atoms with Crippen LogP contribution in [0.15, 0.2) is 133 Å². The number of nitrogens with zero attached hydrogens (tertiary/aromatic N) is 2. The lowest BCUT2D eigenvalue weighted by Crippen LogP contribution is -2.33. The molecule has 0 radical (unpaired) electrons. The highest BCUT2D eigenvalue weighted by atomic mass is 32.1. The van der Waals surface area contributed by atoms with Crippen LogP contribution in [0.1, 0.15) is 46.6 Å². The Hall–Kier alpha value is -4.13. The van der Waals surface area contributed by atoms with E-state index in [0.29, 0.717) is 11.8 Å². The Labute approximate surface area is 304 Å². The summed E-state index contributed by atoms with van der Waals surface area (Å²) in [7, 11) is 0. The van der Waals surface area contributed by atoms with Crippen LogP contribution in [-0.2, 0) is 17.9 Å². The Balaban J connectivity index is 1.10. The molecule has 2 aromatic heterocycles. The number of fused-ring (bicyclic) bond motifs is 2. The van der Waals surface area contributed by atoms with Crippen LogP contribution >= 0.6 is 22.7 Å². The lowest BCUT2D eigenvalue weighted by atomic mass is 9.88. The van der Waals surface area contributed by atoms with E-state index in [1.165, 1.54) is 31.3 Å². The molecule has 8 rings (SSSR count). The van der Waals surface area contributed by atoms with Crippen LogP contribution in [-0.4, -0.2) is 41.8 Å². The van der Waals surface area contributed by atoms with Crippen LogP contribution in [0, 0.1) is 11.8 Å². The molecule has 4 aromatic carbocycles. The summed E-state index contributed by atoms with van der Waals surface area (Å²) in [6, 6.07) is 43.2. The van der Waals surface area contributed by atoms with Crippen molar-refractivity contribution in [1.82, 2.24) is 9.80 Å². The number of benzene rings is 4. The molecular formula is C45H44N2OS2. The number of hydrogen-bond acceptors (Lipinski definition) is 5. The Kier molecular flexibility index (Phi) is 10.2. The van der Waals surface area contributed by atoms with E-state index in [-0.39, 0.29) is 5.78 Å². The molecule has 0 saturated carbocycles. The summed E-state index contributed by atoms with van der Waals surface area (Å²) in [5.41, 5.74) is 4.51. The van der Waals surface area contributed by atoms with E-state index in [0.717, 1.165) is 85.9 Å². The summed E-state index contributed by atoms with van der Waals surface area (Å²) >= 11 is 3.52. The molecule has 2 saturated heterocycles. The predicted octanol–water partition coefficient (Wildman–Crippen LogP) is 11.0. The smallest absolute Gasteiger partial charge is 0.195 e. The van der Waals surface area contributed by atoms with E-state index in [9.17, 15) is 0 Å². The topological polar surface area (TPSA) is 23.6 Å². The van der Waals surface area contributed by atoms with E-state index >= 15 is 4.79 Å². The molecule has 0 spiro atoms. The number of Topliss-reactive ketones (excluding diaryl/α,β-unsaturated/α-hetero) is 1. The second kappa shape index (κ2) is 15.4. The predicted molar refractivity (Wildman–Crippen MR) is 213 cm³/mol. The minimum atomic E-state index is 0.182. The highest BCUT2D eigenvalue weighted by Gasteiger charge is 2.27. The maximum Gasteiger partial charge on any atom is 0.195 e. The molecule has 5 heteroatoms. The Morgan fingerprint density at radius 3 is 1.32 bits per heavy atom. The van der Waals surface area contributed by atoms with Gasteiger partial charge in [-0.05, 0) is 110 Å². The van der Waals surface area contributed by atoms with Gasteiger partial charge in [0.1, 0.15) is 0 Å². The molecule has 252 valence electrons. The third-order valence-corrected chi connectivity index (χ3v) is 12.7. The summed E-state index contributed by atoms with van der Waals surface area (Å²) in [6.45, 7) is 6.16. The van der Waals surface area contributed by atoms with Gasteiger partial charge in [-0.2, -0.15) is 0 Å². The normalized spacial score (nSPS) is 17.5. The van der Waals surface area contributed by atoms with Gasteiger partial charge in [0.05, 0.1) is 0 Å². The number of rotatable bonds is 10. The third-order valence-electron chi connectivity index (χ3n) is 10.4. The van der Waals surface area contributed by atoms with Crippen molar-refractivity contribution in [3.63, 3.8) is 0 Å². The van der Waals surface area contributed by atoms with Crippen molar-refractivity contribution in [2.45, 2.75) is 38.8 Å². The van der Waals surface area contributed by atoms with Crippen molar-refractivity contribution in [3.8, 4) is 0 Å². The maximum atomic E-state index is 15.2. The summed E-state index contributed by atoms with van der Waals surface area (Å²) in [4.78, 5) is 22.5. The van der Waals surface area contributed by atoms with Crippen molar-refractivity contribution >= 4 is 59.8 Å². The Morgan fingerprint density at radius 2 is 0.920 bits per heavy atom. The minimum Gasteiger partial charge on any atom is -0.299 e. The molecule has 2 aliphatic heterocycles. The molecule has 2 fully saturated rings. The van der Waals surface area contributed by atoms with Gasteiger partial charge in [0.2, 0.25) is 0 Å². The molecule has 0 aliphatic carbocycles. The third kappa shape index (κ3) is 7.77. The van der Waals surface area contributed by atoms with Crippen LogP contribution in [0.5, 0.6) is 0 Å². The van der Waals surface area contributed by atoms with Gasteiger partial charge in [-0.1, -0.05) is 109 Å². The first kappa shape index (κ1) is 33.0. The fraction of sp³-hybridized carbons (Fsp3) is 0.267. The fourth-order valence-electron chi connectivity index (χ4n) is 7.62. The zero-order valence-electron chi connectivity index (χ0n) is 28.5. The Morgan fingerprint density at radius 1 is 0.540 bits per heavy atom. The van der Waals surface area contributed by atoms with Gasteiger partial charge in [-0.3, -0.25) is 14.6 Å². The number of likely N-dealkylation sites (tertiary alicyclic amines) is 2. The molecule has 50 heavy (non-hydrogen) atoms. The van der Waals surface area contributed by atoms with Gasteiger partial charge in [0, 0.05) is 43.4 Å². The molecule has 4 heterocycles. The molecule has 3 nitrogen and oxygen atoms in total. The summed E-state index contributed by atoms with van der Waals surface area (Å²) in [6.07, 6.45) is 8.98. The van der Waals surface area contributed by atoms with Crippen LogP contribution in [0.2, 0.25) is 0 Å². The quantitative estimate of drug-likeness (QED) is 0.134. The first-order valence-electron chi connectivity index (χ1n) is 18.1. The average molecular weight is 693 g/mol.